The second kappa shape index (κ2) is 8.97. The van der Waals surface area contributed by atoms with Gasteiger partial charge in [-0.2, -0.15) is 0 Å². The summed E-state index contributed by atoms with van der Waals surface area (Å²) in [5.41, 5.74) is 0. The number of hydrogen-bond acceptors (Lipinski definition) is 3. The number of nitrogens with zero attached hydrogens (tertiary/aromatic N) is 1. The molecule has 0 atom stereocenters. The molecule has 0 aliphatic heterocycles. The van der Waals surface area contributed by atoms with E-state index in [-0.39, 0.29) is 0 Å². The Kier molecular flexibility index (Phi) is 10.1. The van der Waals surface area contributed by atoms with Crippen LogP contribution >= 0.6 is 0 Å². The van der Waals surface area contributed by atoms with Gasteiger partial charge in [-0.25, -0.2) is 0 Å². The summed E-state index contributed by atoms with van der Waals surface area (Å²) in [6.45, 7) is 9.81. The molecular weight excluding hydrogens is 182 g/mol. The highest BCUT2D eigenvalue weighted by Crippen LogP contribution is 1.99. The zero-order valence-electron chi connectivity index (χ0n) is 10.0. The molecule has 0 aliphatic carbocycles. The molecule has 0 saturated carbocycles. The lowest BCUT2D eigenvalue weighted by molar-refractivity contribution is -0.906. The third kappa shape index (κ3) is 11.4. The maximum absolute atomic E-state index is 8.89. The number of rotatable bonds is 5. The van der Waals surface area contributed by atoms with Crippen molar-refractivity contribution >= 4 is 5.97 Å². The molecule has 0 bridgehead atoms. The van der Waals surface area contributed by atoms with E-state index in [1.165, 1.54) is 13.1 Å². The summed E-state index contributed by atoms with van der Waals surface area (Å²) in [4.78, 5) is 8.89. The van der Waals surface area contributed by atoms with E-state index < -0.39 is 5.97 Å². The molecule has 0 aromatic rings. The highest BCUT2D eigenvalue weighted by Gasteiger charge is 2.14. The zero-order chi connectivity index (χ0) is 11.6. The Morgan fingerprint density at radius 3 is 1.93 bits per heavy atom. The molecule has 0 heterocycles. The quantitative estimate of drug-likeness (QED) is 0.588. The fraction of sp³-hybridized carbons (Fsp3) is 0.900. The number of hydrogen-bond donors (Lipinski definition) is 0. The summed E-state index contributed by atoms with van der Waals surface area (Å²) in [7, 11) is 4.02. The fourth-order valence-electron chi connectivity index (χ4n) is 0.852. The van der Waals surface area contributed by atoms with Gasteiger partial charge in [0.15, 0.2) is 0 Å². The van der Waals surface area contributed by atoms with E-state index in [1.54, 1.807) is 7.11 Å². The minimum Gasteiger partial charge on any atom is -0.550 e. The summed E-state index contributed by atoms with van der Waals surface area (Å²) >= 11 is 0. The molecule has 86 valence electrons. The third-order valence-corrected chi connectivity index (χ3v) is 2.36. The van der Waals surface area contributed by atoms with E-state index in [2.05, 4.69) is 20.9 Å². The van der Waals surface area contributed by atoms with Crippen molar-refractivity contribution in [1.29, 1.82) is 0 Å². The largest absolute Gasteiger partial charge is 0.550 e. The number of carboxylic acids is 1. The van der Waals surface area contributed by atoms with Gasteiger partial charge in [0.05, 0.1) is 26.7 Å². The first-order valence-electron chi connectivity index (χ1n) is 4.92. The molecule has 0 spiro atoms. The number of carboxylic acid groups (broad SMARTS) is 1. The summed E-state index contributed by atoms with van der Waals surface area (Å²) in [6, 6.07) is 0. The van der Waals surface area contributed by atoms with Crippen molar-refractivity contribution in [3.05, 3.63) is 0 Å². The Bertz CT molecular complexity index is 140. The van der Waals surface area contributed by atoms with Crippen LogP contribution in [0.2, 0.25) is 0 Å². The number of carbonyl (C=O) groups is 1. The van der Waals surface area contributed by atoms with Crippen molar-refractivity contribution in [3.63, 3.8) is 0 Å². The molecule has 0 aromatic heterocycles. The second-order valence-electron chi connectivity index (χ2n) is 3.46. The molecule has 0 unspecified atom stereocenters. The van der Waals surface area contributed by atoms with Gasteiger partial charge in [0.25, 0.3) is 0 Å². The molecule has 14 heavy (non-hydrogen) atoms. The normalized spacial score (nSPS) is 10.4. The van der Waals surface area contributed by atoms with E-state index in [9.17, 15) is 0 Å². The van der Waals surface area contributed by atoms with Crippen LogP contribution in [0.15, 0.2) is 0 Å². The molecule has 0 amide bonds. The van der Waals surface area contributed by atoms with Crippen molar-refractivity contribution in [3.8, 4) is 0 Å². The Labute approximate surface area is 87.1 Å². The lowest BCUT2D eigenvalue weighted by atomic mass is 10.4. The Hall–Kier alpha value is -0.610. The van der Waals surface area contributed by atoms with Crippen molar-refractivity contribution in [1.82, 2.24) is 0 Å². The topological polar surface area (TPSA) is 49.4 Å². The predicted octanol–water partition coefficient (Wildman–Crippen LogP) is -0.125. The van der Waals surface area contributed by atoms with E-state index in [1.807, 2.05) is 0 Å². The van der Waals surface area contributed by atoms with Crippen LogP contribution in [0.4, 0.5) is 0 Å². The number of carbonyl (C=O) groups excluding carboxylic acids is 1. The average molecular weight is 205 g/mol. The zero-order valence-corrected chi connectivity index (χ0v) is 10.0. The summed E-state index contributed by atoms with van der Waals surface area (Å²) in [5, 5.41) is 8.89. The lowest BCUT2D eigenvalue weighted by Crippen LogP contribution is -2.45. The Morgan fingerprint density at radius 2 is 1.71 bits per heavy atom. The minimum atomic E-state index is -1.08. The molecule has 0 N–H and O–H groups in total. The van der Waals surface area contributed by atoms with E-state index in [0.717, 1.165) is 24.6 Å². The number of ether oxygens (including phenoxy) is 1. The van der Waals surface area contributed by atoms with Crippen LogP contribution in [-0.2, 0) is 9.53 Å². The lowest BCUT2D eigenvalue weighted by Gasteiger charge is -2.31. The molecule has 0 saturated heterocycles. The maximum atomic E-state index is 8.89. The van der Waals surface area contributed by atoms with Gasteiger partial charge in [0.1, 0.15) is 6.54 Å². The standard InChI is InChI=1S/C8H20NO.C2H4O2/c1-5-9(3,6-2)7-8-10-4;1-2(3)4/h5-8H2,1-4H3;1H3,(H,3,4)/q+1;/p-1. The second-order valence-corrected chi connectivity index (χ2v) is 3.46. The molecule has 0 rings (SSSR count). The smallest absolute Gasteiger partial charge is 0.102 e. The van der Waals surface area contributed by atoms with Crippen molar-refractivity contribution in [2.24, 2.45) is 0 Å². The van der Waals surface area contributed by atoms with Gasteiger partial charge in [-0.1, -0.05) is 0 Å². The van der Waals surface area contributed by atoms with Crippen molar-refractivity contribution < 1.29 is 19.1 Å². The molecule has 0 fully saturated rings. The van der Waals surface area contributed by atoms with Gasteiger partial charge in [0.2, 0.25) is 0 Å². The number of aliphatic carboxylic acids is 1. The van der Waals surface area contributed by atoms with Crippen LogP contribution in [0.5, 0.6) is 0 Å². The third-order valence-electron chi connectivity index (χ3n) is 2.36. The SMILES string of the molecule is CC(=O)[O-].CC[N+](C)(CC)CCOC. The van der Waals surface area contributed by atoms with Gasteiger partial charge in [0, 0.05) is 13.1 Å². The average Bonchev–Trinajstić information content (AvgIpc) is 2.13. The van der Waals surface area contributed by atoms with Gasteiger partial charge < -0.3 is 19.1 Å². The number of quaternary nitrogens is 1. The molecular formula is C10H23NO3. The molecule has 4 nitrogen and oxygen atoms in total. The van der Waals surface area contributed by atoms with Gasteiger partial charge in [-0.05, 0) is 20.8 Å². The monoisotopic (exact) mass is 205 g/mol. The van der Waals surface area contributed by atoms with Crippen LogP contribution in [0.25, 0.3) is 0 Å². The van der Waals surface area contributed by atoms with Crippen LogP contribution in [0, 0.1) is 0 Å². The maximum Gasteiger partial charge on any atom is 0.102 e. The van der Waals surface area contributed by atoms with Crippen LogP contribution < -0.4 is 5.11 Å². The van der Waals surface area contributed by atoms with E-state index >= 15 is 0 Å². The predicted molar refractivity (Wildman–Crippen MR) is 54.7 cm³/mol. The summed E-state index contributed by atoms with van der Waals surface area (Å²) < 4.78 is 6.14. The van der Waals surface area contributed by atoms with Crippen molar-refractivity contribution in [2.45, 2.75) is 20.8 Å². The first kappa shape index (κ1) is 15.8. The van der Waals surface area contributed by atoms with Crippen LogP contribution in [0.1, 0.15) is 20.8 Å². The van der Waals surface area contributed by atoms with Gasteiger partial charge >= 0.3 is 0 Å². The number of methoxy groups -OCH3 is 1. The molecule has 4 heteroatoms. The fourth-order valence-corrected chi connectivity index (χ4v) is 0.852. The highest BCUT2D eigenvalue weighted by molar-refractivity contribution is 5.60. The van der Waals surface area contributed by atoms with Crippen LogP contribution in [0.3, 0.4) is 0 Å². The molecule has 0 aromatic carbocycles. The van der Waals surface area contributed by atoms with Gasteiger partial charge in [-0.15, -0.1) is 0 Å². The van der Waals surface area contributed by atoms with E-state index in [0.29, 0.717) is 0 Å². The van der Waals surface area contributed by atoms with Gasteiger partial charge in [-0.3, -0.25) is 0 Å². The highest BCUT2D eigenvalue weighted by atomic mass is 16.5. The Morgan fingerprint density at radius 1 is 1.36 bits per heavy atom. The number of likely N-dealkylation sites (N-methyl/N-ethyl adjacent to an activating group) is 1. The Balaban J connectivity index is 0. The van der Waals surface area contributed by atoms with Crippen molar-refractivity contribution in [2.75, 3.05) is 40.4 Å². The molecule has 0 aliphatic rings. The molecule has 0 radical (unpaired) electrons. The van der Waals surface area contributed by atoms with E-state index in [4.69, 9.17) is 14.6 Å². The minimum absolute atomic E-state index is 0.873. The first-order chi connectivity index (χ1) is 6.41. The summed E-state index contributed by atoms with van der Waals surface area (Å²) in [6.07, 6.45) is 0. The first-order valence-corrected chi connectivity index (χ1v) is 4.92. The van der Waals surface area contributed by atoms with Crippen LogP contribution in [-0.4, -0.2) is 50.9 Å². The summed E-state index contributed by atoms with van der Waals surface area (Å²) in [5.74, 6) is -1.08.